The van der Waals surface area contributed by atoms with Gasteiger partial charge in [-0.15, -0.1) is 0 Å². The highest BCUT2D eigenvalue weighted by atomic mass is 16.6. The maximum atomic E-state index is 13.0. The maximum Gasteiger partial charge on any atom is 0.407 e. The molecule has 0 bridgehead atoms. The average molecular weight is 465 g/mol. The zero-order chi connectivity index (χ0) is 23.6. The van der Waals surface area contributed by atoms with Gasteiger partial charge in [0.2, 0.25) is 5.91 Å². The highest BCUT2D eigenvalue weighted by Crippen LogP contribution is 2.61. The number of nitrogens with one attached hydrogen (secondary N) is 1. The minimum Gasteiger partial charge on any atom is -0.446 e. The molecular weight excluding hydrogens is 420 g/mol. The van der Waals surface area contributed by atoms with Crippen LogP contribution in [0.3, 0.4) is 0 Å². The molecule has 0 radical (unpaired) electrons. The quantitative estimate of drug-likeness (QED) is 0.577. The van der Waals surface area contributed by atoms with E-state index in [0.29, 0.717) is 19.3 Å². The Morgan fingerprint density at radius 3 is 2.36 bits per heavy atom. The first-order valence-corrected chi connectivity index (χ1v) is 13.3. The Morgan fingerprint density at radius 2 is 1.70 bits per heavy atom. The number of amides is 2. The topological polar surface area (TPSA) is 99.1 Å². The third-order valence-electron chi connectivity index (χ3n) is 9.71. The van der Waals surface area contributed by atoms with Crippen molar-refractivity contribution in [3.63, 3.8) is 0 Å². The molecule has 4 aliphatic rings. The fourth-order valence-corrected chi connectivity index (χ4v) is 7.64. The lowest BCUT2D eigenvalue weighted by Crippen LogP contribution is -2.61. The summed E-state index contributed by atoms with van der Waals surface area (Å²) in [6.45, 7) is 5.79. The van der Waals surface area contributed by atoms with Gasteiger partial charge in [0, 0.05) is 31.0 Å². The second-order valence-electron chi connectivity index (χ2n) is 11.7. The molecule has 0 aromatic heterocycles. The highest BCUT2D eigenvalue weighted by Gasteiger charge is 2.60. The standard InChI is InChI=1S/C26H44N2O5/c1-25-13-12-22(33-24(32)27-18-8-4-3-5-9-18)26(2,17-29)21(25)11-10-20(30)19(25)16-23(31)28-14-6-7-15-28/h18-22,29-30H,3-17H2,1-2H3,(H,27,32). The number of ether oxygens (including phenoxy) is 1. The fraction of sp³-hybridized carbons (Fsp3) is 0.923. The van der Waals surface area contributed by atoms with Crippen molar-refractivity contribution in [3.8, 4) is 0 Å². The Labute approximate surface area is 198 Å². The summed E-state index contributed by atoms with van der Waals surface area (Å²) in [5.41, 5.74) is -0.865. The molecule has 7 nitrogen and oxygen atoms in total. The van der Waals surface area contributed by atoms with Crippen LogP contribution in [-0.4, -0.2) is 65.1 Å². The molecular formula is C26H44N2O5. The SMILES string of the molecule is CC1(CO)C(OC(=O)NC2CCCCC2)CCC2(C)C(CC(=O)N3CCCC3)C(O)CCC12. The first-order chi connectivity index (χ1) is 15.8. The van der Waals surface area contributed by atoms with Crippen LogP contribution in [0, 0.1) is 22.7 Å². The number of alkyl carbamates (subject to hydrolysis) is 1. The number of carbonyl (C=O) groups excluding carboxylic acids is 2. The van der Waals surface area contributed by atoms with Crippen LogP contribution in [0.2, 0.25) is 0 Å². The van der Waals surface area contributed by atoms with Gasteiger partial charge in [0.05, 0.1) is 12.7 Å². The molecule has 2 amide bonds. The van der Waals surface area contributed by atoms with Crippen molar-refractivity contribution in [3.05, 3.63) is 0 Å². The van der Waals surface area contributed by atoms with Gasteiger partial charge in [-0.1, -0.05) is 33.1 Å². The number of rotatable bonds is 5. The molecule has 4 fully saturated rings. The van der Waals surface area contributed by atoms with Gasteiger partial charge in [-0.05, 0) is 68.6 Å². The summed E-state index contributed by atoms with van der Waals surface area (Å²) in [6.07, 6.45) is 9.57. The summed E-state index contributed by atoms with van der Waals surface area (Å²) < 4.78 is 5.97. The number of hydrogen-bond acceptors (Lipinski definition) is 5. The van der Waals surface area contributed by atoms with Crippen LogP contribution in [0.5, 0.6) is 0 Å². The molecule has 0 aromatic rings. The third-order valence-corrected chi connectivity index (χ3v) is 9.71. The van der Waals surface area contributed by atoms with Gasteiger partial charge in [0.15, 0.2) is 0 Å². The smallest absolute Gasteiger partial charge is 0.407 e. The van der Waals surface area contributed by atoms with Crippen LogP contribution in [0.25, 0.3) is 0 Å². The molecule has 1 saturated heterocycles. The van der Waals surface area contributed by atoms with E-state index >= 15 is 0 Å². The number of hydrogen-bond donors (Lipinski definition) is 3. The zero-order valence-electron chi connectivity index (χ0n) is 20.6. The predicted octanol–water partition coefficient (Wildman–Crippen LogP) is 3.61. The molecule has 1 aliphatic heterocycles. The average Bonchev–Trinajstić information content (AvgIpc) is 3.34. The van der Waals surface area contributed by atoms with E-state index in [0.717, 1.165) is 64.5 Å². The molecule has 6 unspecified atom stereocenters. The number of likely N-dealkylation sites (tertiary alicyclic amines) is 1. The molecule has 188 valence electrons. The van der Waals surface area contributed by atoms with Gasteiger partial charge in [-0.2, -0.15) is 0 Å². The Kier molecular flexibility index (Phi) is 7.59. The molecule has 0 spiro atoms. The van der Waals surface area contributed by atoms with E-state index in [-0.39, 0.29) is 48.0 Å². The Hall–Kier alpha value is -1.34. The molecule has 7 heteroatoms. The summed E-state index contributed by atoms with van der Waals surface area (Å²) in [5.74, 6) is 0.0950. The van der Waals surface area contributed by atoms with Gasteiger partial charge in [0.1, 0.15) is 6.10 Å². The van der Waals surface area contributed by atoms with E-state index in [1.165, 1.54) is 6.42 Å². The van der Waals surface area contributed by atoms with E-state index in [1.54, 1.807) is 0 Å². The minimum atomic E-state index is -0.591. The minimum absolute atomic E-state index is 0.0719. The van der Waals surface area contributed by atoms with E-state index in [9.17, 15) is 19.8 Å². The molecule has 3 aliphatic carbocycles. The lowest BCUT2D eigenvalue weighted by Gasteiger charge is -2.60. The summed E-state index contributed by atoms with van der Waals surface area (Å²) in [5, 5.41) is 24.6. The Balaban J connectivity index is 1.46. The number of aliphatic hydroxyl groups excluding tert-OH is 2. The fourth-order valence-electron chi connectivity index (χ4n) is 7.64. The molecule has 0 aromatic carbocycles. The molecule has 3 saturated carbocycles. The second kappa shape index (κ2) is 10.1. The predicted molar refractivity (Wildman–Crippen MR) is 125 cm³/mol. The Morgan fingerprint density at radius 1 is 1.00 bits per heavy atom. The zero-order valence-corrected chi connectivity index (χ0v) is 20.6. The van der Waals surface area contributed by atoms with Crippen LogP contribution in [0.4, 0.5) is 4.79 Å². The number of fused-ring (bicyclic) bond motifs is 1. The number of nitrogens with zero attached hydrogens (tertiary/aromatic N) is 1. The van der Waals surface area contributed by atoms with Crippen molar-refractivity contribution in [2.45, 2.75) is 109 Å². The number of aliphatic hydroxyl groups is 2. The molecule has 33 heavy (non-hydrogen) atoms. The van der Waals surface area contributed by atoms with Gasteiger partial charge in [-0.25, -0.2) is 4.79 Å². The summed E-state index contributed by atoms with van der Waals surface area (Å²) in [6, 6.07) is 0.186. The lowest BCUT2D eigenvalue weighted by atomic mass is 9.46. The van der Waals surface area contributed by atoms with Crippen LogP contribution in [-0.2, 0) is 9.53 Å². The second-order valence-corrected chi connectivity index (χ2v) is 11.7. The van der Waals surface area contributed by atoms with E-state index in [1.807, 2.05) is 11.8 Å². The van der Waals surface area contributed by atoms with Crippen LogP contribution in [0.1, 0.15) is 90.9 Å². The monoisotopic (exact) mass is 464 g/mol. The van der Waals surface area contributed by atoms with Crippen molar-refractivity contribution in [2.75, 3.05) is 19.7 Å². The number of carbonyl (C=O) groups is 2. The van der Waals surface area contributed by atoms with Gasteiger partial charge in [-0.3, -0.25) is 4.79 Å². The lowest BCUT2D eigenvalue weighted by molar-refractivity contribution is -0.187. The molecule has 6 atom stereocenters. The van der Waals surface area contributed by atoms with Crippen molar-refractivity contribution >= 4 is 12.0 Å². The summed E-state index contributed by atoms with van der Waals surface area (Å²) in [4.78, 5) is 27.7. The maximum absolute atomic E-state index is 13.0. The van der Waals surface area contributed by atoms with Crippen LogP contribution >= 0.6 is 0 Å². The van der Waals surface area contributed by atoms with Gasteiger partial charge in [0.25, 0.3) is 0 Å². The molecule has 1 heterocycles. The Bertz CT molecular complexity index is 705. The van der Waals surface area contributed by atoms with Crippen LogP contribution in [0.15, 0.2) is 0 Å². The first kappa shape index (κ1) is 24.8. The largest absolute Gasteiger partial charge is 0.446 e. The van der Waals surface area contributed by atoms with E-state index in [4.69, 9.17) is 4.74 Å². The van der Waals surface area contributed by atoms with Gasteiger partial charge >= 0.3 is 6.09 Å². The van der Waals surface area contributed by atoms with E-state index < -0.39 is 11.5 Å². The van der Waals surface area contributed by atoms with E-state index in [2.05, 4.69) is 12.2 Å². The molecule has 3 N–H and O–H groups in total. The van der Waals surface area contributed by atoms with Gasteiger partial charge < -0.3 is 25.2 Å². The van der Waals surface area contributed by atoms with Crippen molar-refractivity contribution in [1.82, 2.24) is 10.2 Å². The van der Waals surface area contributed by atoms with Crippen molar-refractivity contribution in [1.29, 1.82) is 0 Å². The highest BCUT2D eigenvalue weighted by molar-refractivity contribution is 5.77. The normalized spacial score (nSPS) is 39.7. The van der Waals surface area contributed by atoms with Crippen molar-refractivity contribution in [2.24, 2.45) is 22.7 Å². The summed E-state index contributed by atoms with van der Waals surface area (Å²) in [7, 11) is 0. The summed E-state index contributed by atoms with van der Waals surface area (Å²) >= 11 is 0. The first-order valence-electron chi connectivity index (χ1n) is 13.3. The van der Waals surface area contributed by atoms with Crippen LogP contribution < -0.4 is 5.32 Å². The molecule has 4 rings (SSSR count). The van der Waals surface area contributed by atoms with Crippen molar-refractivity contribution < 1.29 is 24.5 Å². The third kappa shape index (κ3) is 4.90.